The van der Waals surface area contributed by atoms with Crippen molar-refractivity contribution in [3.63, 3.8) is 0 Å². The van der Waals surface area contributed by atoms with Gasteiger partial charge >= 0.3 is 0 Å². The average Bonchev–Trinajstić information content (AvgIpc) is 3.23. The molecule has 24 heavy (non-hydrogen) atoms. The quantitative estimate of drug-likeness (QED) is 0.873. The minimum atomic E-state index is 0.563. The second-order valence-electron chi connectivity index (χ2n) is 6.81. The third-order valence-electron chi connectivity index (χ3n) is 5.20. The molecule has 0 atom stereocenters. The van der Waals surface area contributed by atoms with E-state index in [2.05, 4.69) is 38.6 Å². The Hall–Kier alpha value is -1.66. The fraction of sp³-hybridized carbons (Fsp3) is 0.556. The van der Waals surface area contributed by atoms with E-state index in [4.69, 9.17) is 5.73 Å². The molecule has 2 heterocycles. The summed E-state index contributed by atoms with van der Waals surface area (Å²) in [5.74, 6) is 0. The second kappa shape index (κ2) is 7.07. The molecule has 128 valence electrons. The smallest absolute Gasteiger partial charge is 0.203 e. The highest BCUT2D eigenvalue weighted by Crippen LogP contribution is 2.28. The van der Waals surface area contributed by atoms with Gasteiger partial charge < -0.3 is 16.0 Å². The molecule has 1 aliphatic carbocycles. The summed E-state index contributed by atoms with van der Waals surface area (Å²) in [5, 5.41) is 13.2. The standard InChI is InChI=1S/C18H25N5S/c19-18-22-21-17(24-18)6-9-20-15-7-10-23(11-8-15)16-5-4-13-2-1-3-14(13)12-16/h4-5,12,15,20H,1-3,6-11H2,(H2,19,22). The van der Waals surface area contributed by atoms with Gasteiger partial charge in [0.1, 0.15) is 5.01 Å². The zero-order valence-electron chi connectivity index (χ0n) is 14.0. The van der Waals surface area contributed by atoms with Crippen molar-refractivity contribution in [3.05, 3.63) is 34.3 Å². The van der Waals surface area contributed by atoms with Crippen LogP contribution in [0, 0.1) is 0 Å². The van der Waals surface area contributed by atoms with Gasteiger partial charge in [-0.25, -0.2) is 0 Å². The van der Waals surface area contributed by atoms with E-state index in [1.807, 2.05) is 0 Å². The minimum absolute atomic E-state index is 0.563. The van der Waals surface area contributed by atoms with Crippen LogP contribution in [0.5, 0.6) is 0 Å². The van der Waals surface area contributed by atoms with Gasteiger partial charge in [-0.15, -0.1) is 10.2 Å². The molecule has 4 rings (SSSR count). The number of rotatable bonds is 5. The molecule has 1 aromatic heterocycles. The highest BCUT2D eigenvalue weighted by atomic mass is 32.1. The van der Waals surface area contributed by atoms with Crippen molar-refractivity contribution in [1.29, 1.82) is 0 Å². The van der Waals surface area contributed by atoms with E-state index in [-0.39, 0.29) is 0 Å². The van der Waals surface area contributed by atoms with Crippen LogP contribution in [0.3, 0.4) is 0 Å². The van der Waals surface area contributed by atoms with Crippen LogP contribution in [0.4, 0.5) is 10.8 Å². The first-order valence-electron chi connectivity index (χ1n) is 8.96. The van der Waals surface area contributed by atoms with Gasteiger partial charge in [0.25, 0.3) is 0 Å². The molecule has 3 N–H and O–H groups in total. The zero-order valence-corrected chi connectivity index (χ0v) is 14.8. The number of hydrogen-bond donors (Lipinski definition) is 2. The van der Waals surface area contributed by atoms with Crippen LogP contribution in [-0.4, -0.2) is 35.9 Å². The van der Waals surface area contributed by atoms with Crippen molar-refractivity contribution in [3.8, 4) is 0 Å². The molecule has 0 unspecified atom stereocenters. The molecular formula is C18H25N5S. The Morgan fingerprint density at radius 2 is 2.00 bits per heavy atom. The zero-order chi connectivity index (χ0) is 16.4. The summed E-state index contributed by atoms with van der Waals surface area (Å²) in [5.41, 5.74) is 10.2. The van der Waals surface area contributed by atoms with E-state index >= 15 is 0 Å². The highest BCUT2D eigenvalue weighted by molar-refractivity contribution is 7.15. The van der Waals surface area contributed by atoms with E-state index in [0.29, 0.717) is 11.2 Å². The summed E-state index contributed by atoms with van der Waals surface area (Å²) >= 11 is 1.49. The van der Waals surface area contributed by atoms with Gasteiger partial charge in [0.15, 0.2) is 0 Å². The number of nitrogen functional groups attached to an aromatic ring is 1. The number of benzene rings is 1. The summed E-state index contributed by atoms with van der Waals surface area (Å²) in [6.45, 7) is 3.24. The first kappa shape index (κ1) is 15.8. The van der Waals surface area contributed by atoms with E-state index in [1.54, 1.807) is 11.1 Å². The molecule has 0 bridgehead atoms. The predicted octanol–water partition coefficient (Wildman–Crippen LogP) is 2.41. The normalized spacial score (nSPS) is 18.1. The lowest BCUT2D eigenvalue weighted by Crippen LogP contribution is -2.43. The van der Waals surface area contributed by atoms with E-state index in [1.165, 1.54) is 49.1 Å². The monoisotopic (exact) mass is 343 g/mol. The molecule has 6 heteroatoms. The Balaban J connectivity index is 1.24. The number of hydrogen-bond acceptors (Lipinski definition) is 6. The van der Waals surface area contributed by atoms with Gasteiger partial charge in [0.05, 0.1) is 0 Å². The number of aromatic nitrogens is 2. The Morgan fingerprint density at radius 1 is 1.17 bits per heavy atom. The van der Waals surface area contributed by atoms with Gasteiger partial charge in [-0.1, -0.05) is 17.4 Å². The maximum Gasteiger partial charge on any atom is 0.203 e. The molecule has 0 saturated carbocycles. The molecule has 2 aliphatic rings. The van der Waals surface area contributed by atoms with Gasteiger partial charge in [0.2, 0.25) is 5.13 Å². The number of nitrogens with zero attached hydrogens (tertiary/aromatic N) is 3. The van der Waals surface area contributed by atoms with Crippen LogP contribution in [-0.2, 0) is 19.3 Å². The van der Waals surface area contributed by atoms with E-state index < -0.39 is 0 Å². The van der Waals surface area contributed by atoms with Gasteiger partial charge in [-0.05, 0) is 55.4 Å². The van der Waals surface area contributed by atoms with Gasteiger partial charge in [0, 0.05) is 37.8 Å². The molecule has 1 aromatic carbocycles. The molecule has 0 spiro atoms. The summed E-state index contributed by atoms with van der Waals surface area (Å²) in [4.78, 5) is 2.54. The first-order valence-corrected chi connectivity index (χ1v) is 9.77. The molecule has 1 aliphatic heterocycles. The number of nitrogens with one attached hydrogen (secondary N) is 1. The molecule has 2 aromatic rings. The van der Waals surface area contributed by atoms with Gasteiger partial charge in [-0.2, -0.15) is 0 Å². The summed E-state index contributed by atoms with van der Waals surface area (Å²) < 4.78 is 0. The SMILES string of the molecule is Nc1nnc(CCNC2CCN(c3ccc4c(c3)CCC4)CC2)s1. The Labute approximate surface area is 147 Å². The highest BCUT2D eigenvalue weighted by Gasteiger charge is 2.20. The first-order chi connectivity index (χ1) is 11.8. The summed E-state index contributed by atoms with van der Waals surface area (Å²) in [7, 11) is 0. The lowest BCUT2D eigenvalue weighted by molar-refractivity contribution is 0.417. The predicted molar refractivity (Wildman–Crippen MR) is 99.7 cm³/mol. The summed E-state index contributed by atoms with van der Waals surface area (Å²) in [6.07, 6.45) is 7.18. The van der Waals surface area contributed by atoms with Crippen LogP contribution >= 0.6 is 11.3 Å². The van der Waals surface area contributed by atoms with Crippen molar-refractivity contribution in [2.45, 2.75) is 44.6 Å². The van der Waals surface area contributed by atoms with Crippen molar-refractivity contribution in [1.82, 2.24) is 15.5 Å². The molecule has 5 nitrogen and oxygen atoms in total. The van der Waals surface area contributed by atoms with Crippen molar-refractivity contribution in [2.24, 2.45) is 0 Å². The number of anilines is 2. The fourth-order valence-corrected chi connectivity index (χ4v) is 4.46. The molecule has 0 amide bonds. The maximum absolute atomic E-state index is 5.62. The van der Waals surface area contributed by atoms with Crippen LogP contribution in [0.2, 0.25) is 0 Å². The number of nitrogens with two attached hydrogens (primary N) is 1. The topological polar surface area (TPSA) is 67.1 Å². The molecule has 0 radical (unpaired) electrons. The van der Waals surface area contributed by atoms with Crippen LogP contribution < -0.4 is 16.0 Å². The van der Waals surface area contributed by atoms with E-state index in [0.717, 1.165) is 31.1 Å². The lowest BCUT2D eigenvalue weighted by atomic mass is 10.0. The van der Waals surface area contributed by atoms with Crippen LogP contribution in [0.15, 0.2) is 18.2 Å². The summed E-state index contributed by atoms with van der Waals surface area (Å²) in [6, 6.07) is 7.70. The molecule has 1 fully saturated rings. The third kappa shape index (κ3) is 3.54. The number of piperidine rings is 1. The molecule has 1 saturated heterocycles. The second-order valence-corrected chi connectivity index (χ2v) is 7.90. The van der Waals surface area contributed by atoms with Gasteiger partial charge in [-0.3, -0.25) is 0 Å². The van der Waals surface area contributed by atoms with Crippen LogP contribution in [0.25, 0.3) is 0 Å². The number of fused-ring (bicyclic) bond motifs is 1. The van der Waals surface area contributed by atoms with Crippen molar-refractivity contribution >= 4 is 22.2 Å². The Bertz CT molecular complexity index is 690. The fourth-order valence-electron chi connectivity index (χ4n) is 3.85. The largest absolute Gasteiger partial charge is 0.374 e. The lowest BCUT2D eigenvalue weighted by Gasteiger charge is -2.34. The average molecular weight is 344 g/mol. The molecular weight excluding hydrogens is 318 g/mol. The Kier molecular flexibility index (Phi) is 4.67. The maximum atomic E-state index is 5.62. The number of aryl methyl sites for hydroxylation is 2. The van der Waals surface area contributed by atoms with Crippen LogP contribution in [0.1, 0.15) is 35.4 Å². The Morgan fingerprint density at radius 3 is 2.79 bits per heavy atom. The van der Waals surface area contributed by atoms with Crippen molar-refractivity contribution < 1.29 is 0 Å². The third-order valence-corrected chi connectivity index (χ3v) is 6.01. The van der Waals surface area contributed by atoms with E-state index in [9.17, 15) is 0 Å². The minimum Gasteiger partial charge on any atom is -0.374 e. The van der Waals surface area contributed by atoms with Crippen molar-refractivity contribution in [2.75, 3.05) is 30.3 Å².